The number of hydrogen-bond donors (Lipinski definition) is 4. The minimum atomic E-state index is -1.16. The first-order chi connectivity index (χ1) is 17.9. The summed E-state index contributed by atoms with van der Waals surface area (Å²) in [7, 11) is 0. The Morgan fingerprint density at radius 2 is 1.62 bits per heavy atom. The number of anilines is 2. The molecule has 9 nitrogen and oxygen atoms in total. The Bertz CT molecular complexity index is 1180. The zero-order chi connectivity index (χ0) is 26.5. The lowest BCUT2D eigenvalue weighted by atomic mass is 10.1. The van der Waals surface area contributed by atoms with Crippen molar-refractivity contribution in [2.45, 2.75) is 26.2 Å². The Labute approximate surface area is 215 Å². The lowest BCUT2D eigenvalue weighted by Gasteiger charge is -2.14. The maximum absolute atomic E-state index is 12.9. The molecule has 0 aliphatic heterocycles. The van der Waals surface area contributed by atoms with E-state index in [4.69, 9.17) is 14.6 Å². The van der Waals surface area contributed by atoms with Crippen molar-refractivity contribution in [1.29, 1.82) is 0 Å². The summed E-state index contributed by atoms with van der Waals surface area (Å²) in [5.74, 6) is -0.760. The van der Waals surface area contributed by atoms with Crippen LogP contribution in [0.2, 0.25) is 0 Å². The fourth-order valence-corrected chi connectivity index (χ4v) is 3.47. The highest BCUT2D eigenvalue weighted by atomic mass is 16.5. The van der Waals surface area contributed by atoms with Gasteiger partial charge in [0.05, 0.1) is 12.3 Å². The molecule has 0 bridgehead atoms. The maximum Gasteiger partial charge on any atom is 0.341 e. The van der Waals surface area contributed by atoms with E-state index in [9.17, 15) is 14.4 Å². The molecule has 3 aromatic rings. The molecule has 3 aromatic carbocycles. The van der Waals surface area contributed by atoms with Crippen molar-refractivity contribution in [2.75, 3.05) is 30.4 Å². The maximum atomic E-state index is 12.9. The number of nitrogens with one attached hydrogen (secondary N) is 3. The second-order valence-electron chi connectivity index (χ2n) is 8.15. The minimum Gasteiger partial charge on any atom is -0.494 e. The number of unbranched alkanes of at least 4 members (excludes halogenated alkanes) is 1. The van der Waals surface area contributed by atoms with Crippen LogP contribution in [-0.2, 0) is 11.2 Å². The third kappa shape index (κ3) is 9.21. The number of carbonyl (C=O) groups excluding carboxylic acids is 2. The van der Waals surface area contributed by atoms with Crippen molar-refractivity contribution in [2.24, 2.45) is 0 Å². The summed E-state index contributed by atoms with van der Waals surface area (Å²) in [4.78, 5) is 35.6. The van der Waals surface area contributed by atoms with Gasteiger partial charge in [0.15, 0.2) is 6.61 Å². The van der Waals surface area contributed by atoms with Crippen LogP contribution in [0.1, 0.15) is 35.7 Å². The number of amides is 3. The summed E-state index contributed by atoms with van der Waals surface area (Å²) < 4.78 is 11.1. The second kappa shape index (κ2) is 14.1. The van der Waals surface area contributed by atoms with Gasteiger partial charge in [-0.15, -0.1) is 0 Å². The van der Waals surface area contributed by atoms with Crippen LogP contribution in [0.3, 0.4) is 0 Å². The molecule has 3 rings (SSSR count). The molecule has 0 spiro atoms. The molecule has 0 unspecified atom stereocenters. The molecule has 194 valence electrons. The molecule has 0 aromatic heterocycles. The molecule has 0 heterocycles. The molecule has 0 radical (unpaired) electrons. The first-order valence-corrected chi connectivity index (χ1v) is 12.1. The number of benzene rings is 3. The van der Waals surface area contributed by atoms with E-state index in [-0.39, 0.29) is 11.4 Å². The van der Waals surface area contributed by atoms with Crippen LogP contribution in [0, 0.1) is 0 Å². The third-order valence-corrected chi connectivity index (χ3v) is 5.26. The van der Waals surface area contributed by atoms with Crippen LogP contribution >= 0.6 is 0 Å². The number of rotatable bonds is 13. The topological polar surface area (TPSA) is 126 Å². The predicted octanol–water partition coefficient (Wildman–Crippen LogP) is 4.95. The lowest BCUT2D eigenvalue weighted by Crippen LogP contribution is -2.28. The molecule has 0 aliphatic rings. The Morgan fingerprint density at radius 3 is 2.32 bits per heavy atom. The first kappa shape index (κ1) is 27.1. The summed E-state index contributed by atoms with van der Waals surface area (Å²) in [5.41, 5.74) is 2.31. The van der Waals surface area contributed by atoms with E-state index in [0.29, 0.717) is 30.2 Å². The van der Waals surface area contributed by atoms with Crippen LogP contribution in [-0.4, -0.2) is 42.8 Å². The van der Waals surface area contributed by atoms with Gasteiger partial charge in [-0.05, 0) is 74.2 Å². The summed E-state index contributed by atoms with van der Waals surface area (Å²) in [6.45, 7) is 2.23. The number of carbonyl (C=O) groups is 3. The Morgan fingerprint density at radius 1 is 0.865 bits per heavy atom. The average molecular weight is 506 g/mol. The molecule has 0 atom stereocenters. The van der Waals surface area contributed by atoms with Crippen molar-refractivity contribution in [3.8, 4) is 11.5 Å². The van der Waals surface area contributed by atoms with Crippen LogP contribution < -0.4 is 25.4 Å². The zero-order valence-corrected chi connectivity index (χ0v) is 20.7. The number of hydrogen-bond acceptors (Lipinski definition) is 5. The monoisotopic (exact) mass is 505 g/mol. The SMILES string of the molecule is CCNC(=O)Nc1ccc(OCC(=O)O)c(NC(=O)c2ccc(OCCCCc3ccccc3)cc2)c1. The van der Waals surface area contributed by atoms with Crippen LogP contribution in [0.5, 0.6) is 11.5 Å². The number of ether oxygens (including phenoxy) is 2. The number of carboxylic acid groups (broad SMARTS) is 1. The quantitative estimate of drug-likeness (QED) is 0.244. The number of carboxylic acids is 1. The van der Waals surface area contributed by atoms with Gasteiger partial charge in [0.1, 0.15) is 11.5 Å². The molecule has 0 saturated carbocycles. The highest BCUT2D eigenvalue weighted by Crippen LogP contribution is 2.29. The van der Waals surface area contributed by atoms with E-state index in [1.54, 1.807) is 37.3 Å². The van der Waals surface area contributed by atoms with Crippen molar-refractivity contribution in [3.05, 3.63) is 83.9 Å². The fraction of sp³-hybridized carbons (Fsp3) is 0.250. The van der Waals surface area contributed by atoms with Crippen molar-refractivity contribution < 1.29 is 29.0 Å². The average Bonchev–Trinajstić information content (AvgIpc) is 2.89. The van der Waals surface area contributed by atoms with Gasteiger partial charge in [-0.25, -0.2) is 9.59 Å². The van der Waals surface area contributed by atoms with Crippen molar-refractivity contribution >= 4 is 29.3 Å². The second-order valence-corrected chi connectivity index (χ2v) is 8.15. The van der Waals surface area contributed by atoms with Crippen LogP contribution in [0.15, 0.2) is 72.8 Å². The molecule has 0 saturated heterocycles. The van der Waals surface area contributed by atoms with Crippen molar-refractivity contribution in [3.63, 3.8) is 0 Å². The fourth-order valence-electron chi connectivity index (χ4n) is 3.47. The van der Waals surface area contributed by atoms with Gasteiger partial charge in [0, 0.05) is 17.8 Å². The van der Waals surface area contributed by atoms with Gasteiger partial charge in [0.25, 0.3) is 5.91 Å². The van der Waals surface area contributed by atoms with E-state index < -0.39 is 24.5 Å². The van der Waals surface area contributed by atoms with Gasteiger partial charge < -0.3 is 30.5 Å². The molecule has 0 aliphatic carbocycles. The van der Waals surface area contributed by atoms with Crippen LogP contribution in [0.25, 0.3) is 0 Å². The normalized spacial score (nSPS) is 10.3. The largest absolute Gasteiger partial charge is 0.494 e. The summed E-state index contributed by atoms with van der Waals surface area (Å²) in [6.07, 6.45) is 2.93. The highest BCUT2D eigenvalue weighted by Gasteiger charge is 2.13. The number of urea groups is 1. The lowest BCUT2D eigenvalue weighted by molar-refractivity contribution is -0.139. The Hall–Kier alpha value is -4.53. The summed E-state index contributed by atoms with van der Waals surface area (Å²) >= 11 is 0. The minimum absolute atomic E-state index is 0.160. The predicted molar refractivity (Wildman–Crippen MR) is 142 cm³/mol. The van der Waals surface area contributed by atoms with Crippen LogP contribution in [0.4, 0.5) is 16.2 Å². The molecule has 0 fully saturated rings. The van der Waals surface area contributed by atoms with Gasteiger partial charge >= 0.3 is 12.0 Å². The molecule has 37 heavy (non-hydrogen) atoms. The molecule has 4 N–H and O–H groups in total. The van der Waals surface area contributed by atoms with E-state index in [1.165, 1.54) is 17.7 Å². The van der Waals surface area contributed by atoms with E-state index in [1.807, 2.05) is 18.2 Å². The molecule has 9 heteroatoms. The van der Waals surface area contributed by atoms with Gasteiger partial charge in [-0.1, -0.05) is 30.3 Å². The standard InChI is InChI=1S/C28H31N3O6/c1-2-29-28(35)30-22-13-16-25(37-19-26(32)33)24(18-22)31-27(34)21-11-14-23(15-12-21)36-17-7-6-10-20-8-4-3-5-9-20/h3-5,8-9,11-16,18H,2,6-7,10,17,19H2,1H3,(H,31,34)(H,32,33)(H2,29,30,35). The van der Waals surface area contributed by atoms with Gasteiger partial charge in [-0.3, -0.25) is 4.79 Å². The Balaban J connectivity index is 1.57. The van der Waals surface area contributed by atoms with Gasteiger partial charge in [-0.2, -0.15) is 0 Å². The van der Waals surface area contributed by atoms with Crippen molar-refractivity contribution in [1.82, 2.24) is 5.32 Å². The number of aliphatic carboxylic acids is 1. The molecule has 3 amide bonds. The van der Waals surface area contributed by atoms with Gasteiger partial charge in [0.2, 0.25) is 0 Å². The third-order valence-electron chi connectivity index (χ3n) is 5.26. The number of aryl methyl sites for hydroxylation is 1. The first-order valence-electron chi connectivity index (χ1n) is 12.1. The molecular weight excluding hydrogens is 474 g/mol. The summed E-state index contributed by atoms with van der Waals surface area (Å²) in [5, 5.41) is 16.9. The zero-order valence-electron chi connectivity index (χ0n) is 20.7. The Kier molecular flexibility index (Phi) is 10.3. The van der Waals surface area contributed by atoms with E-state index in [2.05, 4.69) is 28.1 Å². The van der Waals surface area contributed by atoms with E-state index >= 15 is 0 Å². The molecular formula is C28H31N3O6. The highest BCUT2D eigenvalue weighted by molar-refractivity contribution is 6.05. The van der Waals surface area contributed by atoms with E-state index in [0.717, 1.165) is 19.3 Å². The summed E-state index contributed by atoms with van der Waals surface area (Å²) in [6, 6.07) is 21.2. The smallest absolute Gasteiger partial charge is 0.341 e.